The van der Waals surface area contributed by atoms with Crippen molar-refractivity contribution in [3.63, 3.8) is 0 Å². The second-order valence-electron chi connectivity index (χ2n) is 5.71. The van der Waals surface area contributed by atoms with Gasteiger partial charge >= 0.3 is 6.09 Å². The minimum absolute atomic E-state index is 0.0235. The number of aromatic nitrogens is 1. The molecule has 0 aromatic carbocycles. The van der Waals surface area contributed by atoms with E-state index in [2.05, 4.69) is 4.98 Å². The molecule has 1 aliphatic rings. The summed E-state index contributed by atoms with van der Waals surface area (Å²) in [6.07, 6.45) is 1.47. The molecule has 0 bridgehead atoms. The Kier molecular flexibility index (Phi) is 3.64. The van der Waals surface area contributed by atoms with Gasteiger partial charge in [0, 0.05) is 6.20 Å². The van der Waals surface area contributed by atoms with Crippen molar-refractivity contribution in [2.24, 2.45) is 0 Å². The third-order valence-electron chi connectivity index (χ3n) is 2.75. The van der Waals surface area contributed by atoms with Gasteiger partial charge < -0.3 is 14.4 Å². The Labute approximate surface area is 113 Å². The monoisotopic (exact) mass is 264 g/mol. The maximum atomic E-state index is 11.7. The first kappa shape index (κ1) is 13.6. The normalized spacial score (nSPS) is 15.9. The summed E-state index contributed by atoms with van der Waals surface area (Å²) in [5, 5.41) is 0. The van der Waals surface area contributed by atoms with Crippen LogP contribution in [-0.4, -0.2) is 40.8 Å². The minimum Gasteiger partial charge on any atom is -0.485 e. The zero-order valence-corrected chi connectivity index (χ0v) is 11.8. The molecule has 1 amide bonds. The summed E-state index contributed by atoms with van der Waals surface area (Å²) in [6.45, 7) is 8.60. The zero-order chi connectivity index (χ0) is 14.0. The number of likely N-dealkylation sites (tertiary alicyclic amines) is 1. The molecule has 5 heteroatoms. The number of hydrogen-bond donors (Lipinski definition) is 0. The van der Waals surface area contributed by atoms with E-state index in [4.69, 9.17) is 9.47 Å². The van der Waals surface area contributed by atoms with Crippen LogP contribution in [0.15, 0.2) is 18.3 Å². The van der Waals surface area contributed by atoms with Gasteiger partial charge in [-0.05, 0) is 39.8 Å². The van der Waals surface area contributed by atoms with Crippen LogP contribution in [0.4, 0.5) is 4.79 Å². The molecule has 1 aliphatic heterocycles. The molecule has 0 atom stereocenters. The van der Waals surface area contributed by atoms with E-state index in [9.17, 15) is 4.79 Å². The largest absolute Gasteiger partial charge is 0.485 e. The van der Waals surface area contributed by atoms with Gasteiger partial charge in [-0.3, -0.25) is 4.98 Å². The van der Waals surface area contributed by atoms with Gasteiger partial charge in [-0.2, -0.15) is 0 Å². The van der Waals surface area contributed by atoms with Crippen molar-refractivity contribution in [2.75, 3.05) is 13.1 Å². The average Bonchev–Trinajstić information content (AvgIpc) is 2.22. The lowest BCUT2D eigenvalue weighted by atomic mass is 10.1. The van der Waals surface area contributed by atoms with Crippen LogP contribution in [0.2, 0.25) is 0 Å². The van der Waals surface area contributed by atoms with Gasteiger partial charge in [0.25, 0.3) is 0 Å². The van der Waals surface area contributed by atoms with E-state index >= 15 is 0 Å². The SMILES string of the molecule is Cc1ncccc1OC1CN(C(=O)OC(C)(C)C)C1. The molecule has 0 radical (unpaired) electrons. The number of carbonyl (C=O) groups excluding carboxylic acids is 1. The lowest BCUT2D eigenvalue weighted by molar-refractivity contribution is -0.0223. The fourth-order valence-corrected chi connectivity index (χ4v) is 1.76. The third kappa shape index (κ3) is 3.59. The van der Waals surface area contributed by atoms with Gasteiger partial charge in [-0.15, -0.1) is 0 Å². The molecule has 0 unspecified atom stereocenters. The van der Waals surface area contributed by atoms with Crippen LogP contribution in [0.1, 0.15) is 26.5 Å². The molecule has 2 heterocycles. The van der Waals surface area contributed by atoms with Gasteiger partial charge in [0.2, 0.25) is 0 Å². The highest BCUT2D eigenvalue weighted by Gasteiger charge is 2.35. The molecule has 0 saturated carbocycles. The molecule has 2 rings (SSSR count). The van der Waals surface area contributed by atoms with Crippen molar-refractivity contribution < 1.29 is 14.3 Å². The molecule has 0 N–H and O–H groups in total. The Balaban J connectivity index is 1.81. The van der Waals surface area contributed by atoms with E-state index in [1.54, 1.807) is 11.1 Å². The Morgan fingerprint density at radius 3 is 2.68 bits per heavy atom. The van der Waals surface area contributed by atoms with E-state index < -0.39 is 5.60 Å². The van der Waals surface area contributed by atoms with E-state index in [0.717, 1.165) is 11.4 Å². The van der Waals surface area contributed by atoms with Crippen LogP contribution in [0.25, 0.3) is 0 Å². The number of carbonyl (C=O) groups is 1. The van der Waals surface area contributed by atoms with Gasteiger partial charge in [0.15, 0.2) is 0 Å². The molecule has 0 aliphatic carbocycles. The molecule has 5 nitrogen and oxygen atoms in total. The summed E-state index contributed by atoms with van der Waals surface area (Å²) >= 11 is 0. The second kappa shape index (κ2) is 5.07. The molecule has 1 aromatic heterocycles. The topological polar surface area (TPSA) is 51.7 Å². The highest BCUT2D eigenvalue weighted by Crippen LogP contribution is 2.21. The Bertz CT molecular complexity index is 462. The minimum atomic E-state index is -0.455. The van der Waals surface area contributed by atoms with Crippen LogP contribution in [0, 0.1) is 6.92 Å². The van der Waals surface area contributed by atoms with Crippen LogP contribution in [0.3, 0.4) is 0 Å². The van der Waals surface area contributed by atoms with Crippen molar-refractivity contribution in [3.05, 3.63) is 24.0 Å². The van der Waals surface area contributed by atoms with Crippen molar-refractivity contribution in [1.82, 2.24) is 9.88 Å². The lowest BCUT2D eigenvalue weighted by Gasteiger charge is -2.39. The number of pyridine rings is 1. The van der Waals surface area contributed by atoms with Crippen LogP contribution >= 0.6 is 0 Å². The quantitative estimate of drug-likeness (QED) is 0.823. The van der Waals surface area contributed by atoms with E-state index in [0.29, 0.717) is 13.1 Å². The summed E-state index contributed by atoms with van der Waals surface area (Å²) in [6, 6.07) is 3.73. The lowest BCUT2D eigenvalue weighted by Crippen LogP contribution is -2.57. The van der Waals surface area contributed by atoms with E-state index in [1.165, 1.54) is 0 Å². The highest BCUT2D eigenvalue weighted by atomic mass is 16.6. The second-order valence-corrected chi connectivity index (χ2v) is 5.71. The molecule has 104 valence electrons. The van der Waals surface area contributed by atoms with Crippen molar-refractivity contribution in [2.45, 2.75) is 39.4 Å². The van der Waals surface area contributed by atoms with Gasteiger partial charge in [0.1, 0.15) is 17.5 Å². The van der Waals surface area contributed by atoms with E-state index in [1.807, 2.05) is 39.8 Å². The van der Waals surface area contributed by atoms with Gasteiger partial charge in [-0.1, -0.05) is 0 Å². The van der Waals surface area contributed by atoms with Gasteiger partial charge in [-0.25, -0.2) is 4.79 Å². The fourth-order valence-electron chi connectivity index (χ4n) is 1.76. The summed E-state index contributed by atoms with van der Waals surface area (Å²) < 4.78 is 11.1. The predicted molar refractivity (Wildman–Crippen MR) is 71.2 cm³/mol. The predicted octanol–water partition coefficient (Wildman–Crippen LogP) is 2.39. The first-order valence-electron chi connectivity index (χ1n) is 6.41. The fraction of sp³-hybridized carbons (Fsp3) is 0.571. The molecular formula is C14H20N2O3. The van der Waals surface area contributed by atoms with E-state index in [-0.39, 0.29) is 12.2 Å². The summed E-state index contributed by atoms with van der Waals surface area (Å²) in [5.41, 5.74) is 0.404. The Morgan fingerprint density at radius 1 is 1.42 bits per heavy atom. The Hall–Kier alpha value is -1.78. The maximum absolute atomic E-state index is 11.7. The standard InChI is InChI=1S/C14H20N2O3/c1-10-12(6-5-7-15-10)18-11-8-16(9-11)13(17)19-14(2,3)4/h5-7,11H,8-9H2,1-4H3. The molecule has 0 spiro atoms. The molecular weight excluding hydrogens is 244 g/mol. The van der Waals surface area contributed by atoms with Crippen LogP contribution in [-0.2, 0) is 4.74 Å². The molecule has 19 heavy (non-hydrogen) atoms. The van der Waals surface area contributed by atoms with Crippen molar-refractivity contribution in [3.8, 4) is 5.75 Å². The van der Waals surface area contributed by atoms with Crippen molar-refractivity contribution >= 4 is 6.09 Å². The van der Waals surface area contributed by atoms with Crippen LogP contribution in [0.5, 0.6) is 5.75 Å². The number of amides is 1. The first-order valence-corrected chi connectivity index (χ1v) is 6.41. The smallest absolute Gasteiger partial charge is 0.410 e. The maximum Gasteiger partial charge on any atom is 0.410 e. The molecule has 1 fully saturated rings. The number of rotatable bonds is 2. The summed E-state index contributed by atoms with van der Waals surface area (Å²) in [7, 11) is 0. The van der Waals surface area contributed by atoms with Crippen LogP contribution < -0.4 is 4.74 Å². The third-order valence-corrected chi connectivity index (χ3v) is 2.75. The number of nitrogens with zero attached hydrogens (tertiary/aromatic N) is 2. The van der Waals surface area contributed by atoms with Crippen molar-refractivity contribution in [1.29, 1.82) is 0 Å². The average molecular weight is 264 g/mol. The zero-order valence-electron chi connectivity index (χ0n) is 11.8. The molecule has 1 aromatic rings. The highest BCUT2D eigenvalue weighted by molar-refractivity contribution is 5.69. The number of hydrogen-bond acceptors (Lipinski definition) is 4. The number of aryl methyl sites for hydroxylation is 1. The molecule has 1 saturated heterocycles. The Morgan fingerprint density at radius 2 is 2.11 bits per heavy atom. The summed E-state index contributed by atoms with van der Waals surface area (Å²) in [4.78, 5) is 17.5. The number of ether oxygens (including phenoxy) is 2. The van der Waals surface area contributed by atoms with Gasteiger partial charge in [0.05, 0.1) is 18.8 Å². The first-order chi connectivity index (χ1) is 8.85. The summed E-state index contributed by atoms with van der Waals surface area (Å²) in [5.74, 6) is 0.774.